The molecule has 1 unspecified atom stereocenters. The van der Waals surface area contributed by atoms with Crippen LogP contribution in [0.15, 0.2) is 59.5 Å². The van der Waals surface area contributed by atoms with E-state index in [0.717, 1.165) is 34.9 Å². The fourth-order valence-electron chi connectivity index (χ4n) is 3.26. The van der Waals surface area contributed by atoms with E-state index in [4.69, 9.17) is 5.73 Å². The minimum Gasteiger partial charge on any atom is -0.399 e. The van der Waals surface area contributed by atoms with Gasteiger partial charge in [0.2, 0.25) is 5.91 Å². The maximum Gasteiger partial charge on any atom is 0.238 e. The van der Waals surface area contributed by atoms with Crippen LogP contribution in [-0.2, 0) is 4.79 Å². The molecule has 0 saturated heterocycles. The van der Waals surface area contributed by atoms with Gasteiger partial charge in [-0.2, -0.15) is 0 Å². The smallest absolute Gasteiger partial charge is 0.238 e. The Morgan fingerprint density at radius 3 is 2.32 bits per heavy atom. The lowest BCUT2D eigenvalue weighted by molar-refractivity contribution is -0.121. The molecule has 1 saturated carbocycles. The molecule has 1 aliphatic carbocycles. The number of thioether (sulfide) groups is 1. The number of amides is 1. The summed E-state index contributed by atoms with van der Waals surface area (Å²) in [6.45, 7) is 2.29. The first kappa shape index (κ1) is 17.9. The Morgan fingerprint density at radius 1 is 1.04 bits per heavy atom. The fraction of sp³-hybridized carbons (Fsp3) is 0.381. The highest BCUT2D eigenvalue weighted by Gasteiger charge is 2.26. The quantitative estimate of drug-likeness (QED) is 0.599. The topological polar surface area (TPSA) is 55.1 Å². The Balaban J connectivity index is 1.73. The highest BCUT2D eigenvalue weighted by molar-refractivity contribution is 8.00. The molecule has 0 heterocycles. The first-order valence-electron chi connectivity index (χ1n) is 8.99. The Kier molecular flexibility index (Phi) is 6.03. The molecule has 3 nitrogen and oxygen atoms in total. The van der Waals surface area contributed by atoms with Crippen molar-refractivity contribution >= 4 is 23.4 Å². The van der Waals surface area contributed by atoms with Crippen LogP contribution in [0.25, 0.3) is 0 Å². The van der Waals surface area contributed by atoms with Gasteiger partial charge in [0.15, 0.2) is 0 Å². The van der Waals surface area contributed by atoms with Crippen molar-refractivity contribution in [3.63, 3.8) is 0 Å². The lowest BCUT2D eigenvalue weighted by atomic mass is 9.87. The summed E-state index contributed by atoms with van der Waals surface area (Å²) in [4.78, 5) is 14.1. The summed E-state index contributed by atoms with van der Waals surface area (Å²) < 4.78 is 0. The van der Waals surface area contributed by atoms with Crippen LogP contribution >= 0.6 is 11.8 Å². The third-order valence-electron chi connectivity index (χ3n) is 4.84. The molecule has 25 heavy (non-hydrogen) atoms. The van der Waals surface area contributed by atoms with E-state index in [0.29, 0.717) is 6.04 Å². The molecule has 1 atom stereocenters. The van der Waals surface area contributed by atoms with Crippen LogP contribution < -0.4 is 11.1 Å². The van der Waals surface area contributed by atoms with Crippen molar-refractivity contribution in [2.45, 2.75) is 48.8 Å². The third kappa shape index (κ3) is 5.02. The summed E-state index contributed by atoms with van der Waals surface area (Å²) in [5.74, 6) is 0.884. The van der Waals surface area contributed by atoms with Gasteiger partial charge in [0.05, 0.1) is 0 Å². The summed E-state index contributed by atoms with van der Waals surface area (Å²) >= 11 is 1.58. The molecule has 1 amide bonds. The number of anilines is 1. The van der Waals surface area contributed by atoms with E-state index in [1.807, 2.05) is 54.6 Å². The van der Waals surface area contributed by atoms with E-state index >= 15 is 0 Å². The Morgan fingerprint density at radius 2 is 1.68 bits per heavy atom. The van der Waals surface area contributed by atoms with E-state index in [1.165, 1.54) is 12.8 Å². The van der Waals surface area contributed by atoms with Gasteiger partial charge in [-0.3, -0.25) is 4.79 Å². The molecule has 3 N–H and O–H groups in total. The van der Waals surface area contributed by atoms with Gasteiger partial charge in [0, 0.05) is 16.6 Å². The lowest BCUT2D eigenvalue weighted by Crippen LogP contribution is -2.39. The minimum atomic E-state index is -0.246. The number of nitrogens with two attached hydrogens (primary N) is 1. The molecular weight excluding hydrogens is 328 g/mol. The van der Waals surface area contributed by atoms with E-state index in [-0.39, 0.29) is 11.2 Å². The van der Waals surface area contributed by atoms with Crippen molar-refractivity contribution < 1.29 is 4.79 Å². The zero-order valence-electron chi connectivity index (χ0n) is 14.7. The predicted octanol–water partition coefficient (Wildman–Crippen LogP) is 4.80. The van der Waals surface area contributed by atoms with Gasteiger partial charge in [-0.25, -0.2) is 0 Å². The fourth-order valence-corrected chi connectivity index (χ4v) is 4.30. The summed E-state index contributed by atoms with van der Waals surface area (Å²) in [5.41, 5.74) is 7.55. The summed E-state index contributed by atoms with van der Waals surface area (Å²) in [6.07, 6.45) is 4.57. The maximum atomic E-state index is 13.0. The highest BCUT2D eigenvalue weighted by atomic mass is 32.2. The molecule has 0 bridgehead atoms. The zero-order valence-corrected chi connectivity index (χ0v) is 15.5. The average molecular weight is 355 g/mol. The van der Waals surface area contributed by atoms with Crippen LogP contribution in [0.2, 0.25) is 0 Å². The second kappa shape index (κ2) is 8.43. The molecule has 1 aliphatic rings. The van der Waals surface area contributed by atoms with Crippen molar-refractivity contribution in [1.29, 1.82) is 0 Å². The van der Waals surface area contributed by atoms with Crippen molar-refractivity contribution in [1.82, 2.24) is 5.32 Å². The number of carbonyl (C=O) groups excluding carboxylic acids is 1. The summed E-state index contributed by atoms with van der Waals surface area (Å²) in [5, 5.41) is 3.04. The molecular formula is C21H26N2OS. The van der Waals surface area contributed by atoms with Gasteiger partial charge < -0.3 is 11.1 Å². The first-order chi connectivity index (χ1) is 12.1. The Labute approximate surface area is 154 Å². The number of nitrogen functional groups attached to an aromatic ring is 1. The summed E-state index contributed by atoms with van der Waals surface area (Å²) in [6, 6.07) is 18.0. The Hall–Kier alpha value is -1.94. The number of nitrogens with one attached hydrogen (secondary N) is 1. The van der Waals surface area contributed by atoms with Crippen molar-refractivity contribution in [2.24, 2.45) is 5.92 Å². The van der Waals surface area contributed by atoms with E-state index in [9.17, 15) is 4.79 Å². The predicted molar refractivity (Wildman–Crippen MR) is 105 cm³/mol. The average Bonchev–Trinajstić information content (AvgIpc) is 2.64. The van der Waals surface area contributed by atoms with Crippen molar-refractivity contribution in [3.8, 4) is 0 Å². The van der Waals surface area contributed by atoms with Crippen LogP contribution in [-0.4, -0.2) is 11.9 Å². The van der Waals surface area contributed by atoms with Crippen LogP contribution in [0.3, 0.4) is 0 Å². The Bertz CT molecular complexity index is 679. The molecule has 0 radical (unpaired) electrons. The van der Waals surface area contributed by atoms with Crippen molar-refractivity contribution in [2.75, 3.05) is 5.73 Å². The van der Waals surface area contributed by atoms with E-state index in [2.05, 4.69) is 12.2 Å². The highest BCUT2D eigenvalue weighted by Crippen LogP contribution is 2.36. The van der Waals surface area contributed by atoms with Gasteiger partial charge in [-0.15, -0.1) is 11.8 Å². The number of hydrogen-bond donors (Lipinski definition) is 2. The molecule has 4 heteroatoms. The van der Waals surface area contributed by atoms with Gasteiger partial charge in [-0.05, 0) is 61.4 Å². The lowest BCUT2D eigenvalue weighted by Gasteiger charge is -2.28. The third-order valence-corrected chi connectivity index (χ3v) is 6.10. The molecule has 2 aromatic carbocycles. The van der Waals surface area contributed by atoms with Gasteiger partial charge in [0.25, 0.3) is 0 Å². The molecule has 2 aromatic rings. The second-order valence-corrected chi connectivity index (χ2v) is 8.12. The monoisotopic (exact) mass is 354 g/mol. The zero-order chi connectivity index (χ0) is 17.6. The molecule has 0 aromatic heterocycles. The van der Waals surface area contributed by atoms with Crippen LogP contribution in [0.4, 0.5) is 5.69 Å². The van der Waals surface area contributed by atoms with Gasteiger partial charge in [-0.1, -0.05) is 37.3 Å². The van der Waals surface area contributed by atoms with E-state index < -0.39 is 0 Å². The molecule has 0 aliphatic heterocycles. The number of carbonyl (C=O) groups is 1. The standard InChI is InChI=1S/C21H26N2OS/c1-15-7-11-18(12-8-15)23-21(24)20(16-5-3-2-4-6-16)25-19-13-9-17(22)10-14-19/h2-6,9-10,13-15,18,20H,7-8,11-12,22H2,1H3,(H,23,24). The number of hydrogen-bond acceptors (Lipinski definition) is 3. The van der Waals surface area contributed by atoms with Gasteiger partial charge in [0.1, 0.15) is 5.25 Å². The van der Waals surface area contributed by atoms with Crippen LogP contribution in [0.1, 0.15) is 43.4 Å². The normalized spacial score (nSPS) is 21.5. The second-order valence-electron chi connectivity index (χ2n) is 6.94. The van der Waals surface area contributed by atoms with E-state index in [1.54, 1.807) is 11.8 Å². The van der Waals surface area contributed by atoms with Gasteiger partial charge >= 0.3 is 0 Å². The maximum absolute atomic E-state index is 13.0. The molecule has 0 spiro atoms. The van der Waals surface area contributed by atoms with Crippen LogP contribution in [0.5, 0.6) is 0 Å². The number of benzene rings is 2. The molecule has 3 rings (SSSR count). The number of rotatable bonds is 5. The van der Waals surface area contributed by atoms with Crippen molar-refractivity contribution in [3.05, 3.63) is 60.2 Å². The minimum absolute atomic E-state index is 0.104. The molecule has 1 fully saturated rings. The largest absolute Gasteiger partial charge is 0.399 e. The summed E-state index contributed by atoms with van der Waals surface area (Å²) in [7, 11) is 0. The molecule has 132 valence electrons. The SMILES string of the molecule is CC1CCC(NC(=O)C(Sc2ccc(N)cc2)c2ccccc2)CC1. The first-order valence-corrected chi connectivity index (χ1v) is 9.87. The van der Waals surface area contributed by atoms with Crippen LogP contribution in [0, 0.1) is 5.92 Å².